The van der Waals surface area contributed by atoms with Crippen molar-refractivity contribution in [2.75, 3.05) is 32.1 Å². The molecule has 0 atom stereocenters. The van der Waals surface area contributed by atoms with E-state index < -0.39 is 6.03 Å². The van der Waals surface area contributed by atoms with Gasteiger partial charge in [0.1, 0.15) is 5.75 Å². The summed E-state index contributed by atoms with van der Waals surface area (Å²) in [5.41, 5.74) is 2.05. The van der Waals surface area contributed by atoms with Gasteiger partial charge in [-0.3, -0.25) is 14.5 Å². The Bertz CT molecular complexity index is 911. The smallest absolute Gasteiger partial charge is 0.319 e. The third-order valence-corrected chi connectivity index (χ3v) is 4.59. The fraction of sp³-hybridized carbons (Fsp3) is 0.286. The number of fused-ring (bicyclic) bond motifs is 1. The molecule has 0 aliphatic carbocycles. The number of rotatable bonds is 8. The highest BCUT2D eigenvalue weighted by Crippen LogP contribution is 2.26. The van der Waals surface area contributed by atoms with Gasteiger partial charge < -0.3 is 20.5 Å². The standard InChI is InChI=1S/C21H23N3O5/c1-29-12-2-11-24-19(26)17-8-5-15(13-18(17)20(24)27)23-21(28)22-10-9-14-3-6-16(25)7-4-14/h3-8,13,25H,2,9-12H2,1H3,(H2,22,23,28). The maximum absolute atomic E-state index is 12.5. The molecule has 0 unspecified atom stereocenters. The van der Waals surface area contributed by atoms with Crippen LogP contribution < -0.4 is 10.6 Å². The van der Waals surface area contributed by atoms with E-state index in [0.29, 0.717) is 43.8 Å². The highest BCUT2D eigenvalue weighted by molar-refractivity contribution is 6.21. The number of methoxy groups -OCH3 is 1. The zero-order valence-electron chi connectivity index (χ0n) is 16.1. The minimum Gasteiger partial charge on any atom is -0.508 e. The maximum atomic E-state index is 12.5. The Labute approximate surface area is 168 Å². The molecular formula is C21H23N3O5. The number of phenolic OH excluding ortho intramolecular Hbond substituents is 1. The van der Waals surface area contributed by atoms with E-state index in [2.05, 4.69) is 10.6 Å². The normalized spacial score (nSPS) is 12.8. The zero-order chi connectivity index (χ0) is 20.8. The number of anilines is 1. The first-order valence-corrected chi connectivity index (χ1v) is 9.31. The SMILES string of the molecule is COCCCN1C(=O)c2ccc(NC(=O)NCCc3ccc(O)cc3)cc2C1=O. The van der Waals surface area contributed by atoms with Crippen molar-refractivity contribution in [1.29, 1.82) is 0 Å². The van der Waals surface area contributed by atoms with Crippen molar-refractivity contribution < 1.29 is 24.2 Å². The Hall–Kier alpha value is -3.39. The number of aromatic hydroxyl groups is 1. The van der Waals surface area contributed by atoms with Crippen LogP contribution in [0.2, 0.25) is 0 Å². The monoisotopic (exact) mass is 397 g/mol. The Morgan fingerprint density at radius 3 is 2.52 bits per heavy atom. The third kappa shape index (κ3) is 4.91. The molecular weight excluding hydrogens is 374 g/mol. The van der Waals surface area contributed by atoms with Crippen LogP contribution in [0.4, 0.5) is 10.5 Å². The zero-order valence-corrected chi connectivity index (χ0v) is 16.1. The predicted octanol–water partition coefficient (Wildman–Crippen LogP) is 2.39. The Morgan fingerprint density at radius 2 is 1.79 bits per heavy atom. The van der Waals surface area contributed by atoms with E-state index >= 15 is 0 Å². The molecule has 0 spiro atoms. The number of carbonyl (C=O) groups excluding carboxylic acids is 3. The van der Waals surface area contributed by atoms with Crippen LogP contribution in [0.3, 0.4) is 0 Å². The Balaban J connectivity index is 1.55. The second kappa shape index (κ2) is 9.20. The van der Waals surface area contributed by atoms with Crippen molar-refractivity contribution in [3.05, 3.63) is 59.2 Å². The van der Waals surface area contributed by atoms with E-state index in [1.165, 1.54) is 11.0 Å². The molecule has 3 rings (SSSR count). The summed E-state index contributed by atoms with van der Waals surface area (Å²) in [6, 6.07) is 11.0. The molecule has 1 aliphatic heterocycles. The van der Waals surface area contributed by atoms with Crippen LogP contribution in [0.25, 0.3) is 0 Å². The van der Waals surface area contributed by atoms with Crippen molar-refractivity contribution >= 4 is 23.5 Å². The lowest BCUT2D eigenvalue weighted by atomic mass is 10.1. The summed E-state index contributed by atoms with van der Waals surface area (Å²) in [4.78, 5) is 38.2. The van der Waals surface area contributed by atoms with Crippen molar-refractivity contribution in [1.82, 2.24) is 10.2 Å². The number of hydrogen-bond donors (Lipinski definition) is 3. The summed E-state index contributed by atoms with van der Waals surface area (Å²) in [6.07, 6.45) is 1.18. The molecule has 2 aromatic carbocycles. The number of urea groups is 1. The molecule has 0 saturated carbocycles. The molecule has 29 heavy (non-hydrogen) atoms. The van der Waals surface area contributed by atoms with Gasteiger partial charge in [0.2, 0.25) is 0 Å². The summed E-state index contributed by atoms with van der Waals surface area (Å²) in [5, 5.41) is 14.7. The molecule has 2 aromatic rings. The van der Waals surface area contributed by atoms with Crippen molar-refractivity contribution in [2.24, 2.45) is 0 Å². The molecule has 0 saturated heterocycles. The third-order valence-electron chi connectivity index (χ3n) is 4.59. The highest BCUT2D eigenvalue weighted by Gasteiger charge is 2.35. The highest BCUT2D eigenvalue weighted by atomic mass is 16.5. The molecule has 3 N–H and O–H groups in total. The van der Waals surface area contributed by atoms with Gasteiger partial charge in [-0.15, -0.1) is 0 Å². The first-order valence-electron chi connectivity index (χ1n) is 9.31. The van der Waals surface area contributed by atoms with Crippen LogP contribution in [0.5, 0.6) is 5.75 Å². The molecule has 0 aromatic heterocycles. The van der Waals surface area contributed by atoms with Gasteiger partial charge in [-0.1, -0.05) is 12.1 Å². The second-order valence-electron chi connectivity index (χ2n) is 6.67. The van der Waals surface area contributed by atoms with Crippen LogP contribution in [0.1, 0.15) is 32.7 Å². The fourth-order valence-electron chi connectivity index (χ4n) is 3.10. The van der Waals surface area contributed by atoms with Gasteiger partial charge in [0.25, 0.3) is 11.8 Å². The first-order chi connectivity index (χ1) is 14.0. The number of carbonyl (C=O) groups is 3. The number of nitrogens with one attached hydrogen (secondary N) is 2. The van der Waals surface area contributed by atoms with Crippen molar-refractivity contribution in [2.45, 2.75) is 12.8 Å². The molecule has 0 fully saturated rings. The number of amides is 4. The molecule has 1 heterocycles. The maximum Gasteiger partial charge on any atom is 0.319 e. The molecule has 1 aliphatic rings. The van der Waals surface area contributed by atoms with E-state index in [9.17, 15) is 19.5 Å². The summed E-state index contributed by atoms with van der Waals surface area (Å²) in [5.74, 6) is -0.496. The second-order valence-corrected chi connectivity index (χ2v) is 6.67. The van der Waals surface area contributed by atoms with E-state index in [1.54, 1.807) is 43.5 Å². The topological polar surface area (TPSA) is 108 Å². The van der Waals surface area contributed by atoms with Crippen LogP contribution in [-0.4, -0.2) is 54.7 Å². The molecule has 0 bridgehead atoms. The lowest BCUT2D eigenvalue weighted by Gasteiger charge is -2.12. The van der Waals surface area contributed by atoms with Crippen LogP contribution in [-0.2, 0) is 11.2 Å². The van der Waals surface area contributed by atoms with Gasteiger partial charge in [-0.2, -0.15) is 0 Å². The summed E-state index contributed by atoms with van der Waals surface area (Å²) in [7, 11) is 1.57. The number of phenols is 1. The lowest BCUT2D eigenvalue weighted by Crippen LogP contribution is -2.31. The molecule has 8 heteroatoms. The Kier molecular flexibility index (Phi) is 6.46. The number of benzene rings is 2. The average Bonchev–Trinajstić information content (AvgIpc) is 2.94. The van der Waals surface area contributed by atoms with Crippen LogP contribution in [0, 0.1) is 0 Å². The van der Waals surface area contributed by atoms with Gasteiger partial charge in [0, 0.05) is 32.5 Å². The predicted molar refractivity (Wildman–Crippen MR) is 107 cm³/mol. The van der Waals surface area contributed by atoms with Crippen molar-refractivity contribution in [3.8, 4) is 5.75 Å². The lowest BCUT2D eigenvalue weighted by molar-refractivity contribution is 0.0638. The number of hydrogen-bond acceptors (Lipinski definition) is 5. The molecule has 8 nitrogen and oxygen atoms in total. The number of imide groups is 1. The van der Waals surface area contributed by atoms with Gasteiger partial charge in [-0.05, 0) is 48.7 Å². The van der Waals surface area contributed by atoms with Crippen molar-refractivity contribution in [3.63, 3.8) is 0 Å². The molecule has 0 radical (unpaired) electrons. The van der Waals surface area contributed by atoms with Gasteiger partial charge in [0.05, 0.1) is 11.1 Å². The minimum atomic E-state index is -0.405. The van der Waals surface area contributed by atoms with E-state index in [0.717, 1.165) is 5.56 Å². The van der Waals surface area contributed by atoms with E-state index in [-0.39, 0.29) is 23.1 Å². The quantitative estimate of drug-likeness (QED) is 0.468. The summed E-state index contributed by atoms with van der Waals surface area (Å²) >= 11 is 0. The average molecular weight is 397 g/mol. The van der Waals surface area contributed by atoms with Crippen LogP contribution >= 0.6 is 0 Å². The van der Waals surface area contributed by atoms with E-state index in [4.69, 9.17) is 4.74 Å². The van der Waals surface area contributed by atoms with E-state index in [1.807, 2.05) is 0 Å². The largest absolute Gasteiger partial charge is 0.508 e. The first kappa shape index (κ1) is 20.3. The fourth-order valence-corrected chi connectivity index (χ4v) is 3.10. The Morgan fingerprint density at radius 1 is 1.07 bits per heavy atom. The number of ether oxygens (including phenoxy) is 1. The molecule has 152 valence electrons. The van der Waals surface area contributed by atoms with Gasteiger partial charge in [-0.25, -0.2) is 4.79 Å². The van der Waals surface area contributed by atoms with Gasteiger partial charge in [0.15, 0.2) is 0 Å². The van der Waals surface area contributed by atoms with Crippen LogP contribution in [0.15, 0.2) is 42.5 Å². The minimum absolute atomic E-state index is 0.196. The number of nitrogens with zero attached hydrogens (tertiary/aromatic N) is 1. The van der Waals surface area contributed by atoms with Gasteiger partial charge >= 0.3 is 6.03 Å². The molecule has 4 amide bonds. The summed E-state index contributed by atoms with van der Waals surface area (Å²) < 4.78 is 4.96. The summed E-state index contributed by atoms with van der Waals surface area (Å²) in [6.45, 7) is 1.16.